The molecule has 0 heterocycles. The number of ether oxygens (including phenoxy) is 2. The fraction of sp³-hybridized carbons (Fsp3) is 0.696. The maximum Gasteiger partial charge on any atom is 0.471 e. The molecule has 1 aromatic rings. The molecule has 1 unspecified atom stereocenters. The normalized spacial score (nSPS) is 13.7. The number of nitrogens with zero attached hydrogens (tertiary/aromatic N) is 1. The second-order valence-corrected chi connectivity index (χ2v) is 19.3. The first-order valence-corrected chi connectivity index (χ1v) is 18.2. The van der Waals surface area contributed by atoms with Crippen molar-refractivity contribution < 1.29 is 36.3 Å². The first-order valence-electron chi connectivity index (χ1n) is 11.4. The second-order valence-electron chi connectivity index (χ2n) is 10.5. The van der Waals surface area contributed by atoms with E-state index in [9.17, 15) is 18.0 Å². The van der Waals surface area contributed by atoms with E-state index in [0.29, 0.717) is 24.5 Å². The Morgan fingerprint density at radius 3 is 2.12 bits per heavy atom. The van der Waals surface area contributed by atoms with Gasteiger partial charge in [0.2, 0.25) is 8.32 Å². The van der Waals surface area contributed by atoms with E-state index in [1.165, 1.54) is 0 Å². The van der Waals surface area contributed by atoms with Crippen LogP contribution in [-0.4, -0.2) is 72.6 Å². The van der Waals surface area contributed by atoms with Crippen molar-refractivity contribution in [2.45, 2.75) is 77.9 Å². The fourth-order valence-electron chi connectivity index (χ4n) is 3.17. The standard InChI is InChI=1S/C23H40F3NO5Si2/c1-17(2)27(22(28)23(24,25)26)15-19(31-33(4,5)6)16-30-20-11-10-18(12-13-29-3)14-21(20)32-34(7,8)9/h10-11,14,17,19H,12-13,15-16H2,1-9H3. The smallest absolute Gasteiger partial charge is 0.471 e. The number of alkyl halides is 3. The summed E-state index contributed by atoms with van der Waals surface area (Å²) in [6.07, 6.45) is -4.97. The highest BCUT2D eigenvalue weighted by Gasteiger charge is 2.44. The predicted molar refractivity (Wildman–Crippen MR) is 133 cm³/mol. The molecule has 0 aromatic heterocycles. The van der Waals surface area contributed by atoms with Crippen molar-refractivity contribution in [3.05, 3.63) is 23.8 Å². The van der Waals surface area contributed by atoms with Crippen LogP contribution >= 0.6 is 0 Å². The molecule has 0 fully saturated rings. The summed E-state index contributed by atoms with van der Waals surface area (Å²) in [5.41, 5.74) is 1.03. The molecule has 0 aliphatic rings. The number of halogens is 3. The lowest BCUT2D eigenvalue weighted by Gasteiger charge is -2.34. The van der Waals surface area contributed by atoms with Crippen molar-refractivity contribution in [1.82, 2.24) is 4.90 Å². The zero-order valence-electron chi connectivity index (χ0n) is 21.8. The Kier molecular flexibility index (Phi) is 11.1. The van der Waals surface area contributed by atoms with Crippen molar-refractivity contribution in [1.29, 1.82) is 0 Å². The molecule has 1 atom stereocenters. The molecule has 0 aliphatic heterocycles. The SMILES string of the molecule is COCCc1ccc(OCC(CN(C(=O)C(F)(F)F)C(C)C)O[Si](C)(C)C)c(O[Si](C)(C)C)c1. The summed E-state index contributed by atoms with van der Waals surface area (Å²) < 4.78 is 63.0. The van der Waals surface area contributed by atoms with Crippen LogP contribution in [0.25, 0.3) is 0 Å². The summed E-state index contributed by atoms with van der Waals surface area (Å²) >= 11 is 0. The molecular formula is C23H40F3NO5Si2. The second kappa shape index (κ2) is 12.4. The topological polar surface area (TPSA) is 57.2 Å². The van der Waals surface area contributed by atoms with E-state index < -0.39 is 40.9 Å². The number of methoxy groups -OCH3 is 1. The van der Waals surface area contributed by atoms with Gasteiger partial charge in [-0.05, 0) is 77.2 Å². The summed E-state index contributed by atoms with van der Waals surface area (Å²) in [5, 5.41) is 0. The third-order valence-corrected chi connectivity index (χ3v) is 6.36. The van der Waals surface area contributed by atoms with Crippen LogP contribution in [0.1, 0.15) is 19.4 Å². The number of hydrogen-bond acceptors (Lipinski definition) is 5. The molecule has 11 heteroatoms. The van der Waals surface area contributed by atoms with E-state index in [-0.39, 0.29) is 13.2 Å². The molecule has 6 nitrogen and oxygen atoms in total. The molecule has 0 saturated carbocycles. The van der Waals surface area contributed by atoms with E-state index in [0.717, 1.165) is 10.5 Å². The van der Waals surface area contributed by atoms with Gasteiger partial charge in [-0.2, -0.15) is 13.2 Å². The van der Waals surface area contributed by atoms with Gasteiger partial charge < -0.3 is 23.2 Å². The largest absolute Gasteiger partial charge is 0.542 e. The summed E-state index contributed by atoms with van der Waals surface area (Å²) in [6.45, 7) is 15.4. The Morgan fingerprint density at radius 2 is 1.65 bits per heavy atom. The fourth-order valence-corrected chi connectivity index (χ4v) is 5.14. The Bertz CT molecular complexity index is 792. The molecule has 1 rings (SSSR count). The van der Waals surface area contributed by atoms with Gasteiger partial charge in [-0.1, -0.05) is 6.07 Å². The molecule has 1 aromatic carbocycles. The zero-order valence-corrected chi connectivity index (χ0v) is 23.8. The number of hydrogen-bond donors (Lipinski definition) is 0. The van der Waals surface area contributed by atoms with Crippen molar-refractivity contribution in [3.8, 4) is 11.5 Å². The molecule has 1 amide bonds. The Morgan fingerprint density at radius 1 is 1.03 bits per heavy atom. The van der Waals surface area contributed by atoms with E-state index >= 15 is 0 Å². The third-order valence-electron chi connectivity index (χ3n) is 4.49. The highest BCUT2D eigenvalue weighted by molar-refractivity contribution is 6.70. The molecule has 0 saturated heterocycles. The third kappa shape index (κ3) is 11.2. The lowest BCUT2D eigenvalue weighted by molar-refractivity contribution is -0.188. The van der Waals surface area contributed by atoms with Crippen LogP contribution in [-0.2, 0) is 20.4 Å². The summed E-state index contributed by atoms with van der Waals surface area (Å²) in [4.78, 5) is 12.8. The number of rotatable bonds is 13. The Hall–Kier alpha value is -1.57. The van der Waals surface area contributed by atoms with E-state index in [2.05, 4.69) is 19.6 Å². The van der Waals surface area contributed by atoms with Crippen LogP contribution in [0.2, 0.25) is 39.3 Å². The maximum absolute atomic E-state index is 13.2. The molecule has 0 aliphatic carbocycles. The van der Waals surface area contributed by atoms with E-state index in [1.54, 1.807) is 27.0 Å². The molecule has 0 radical (unpaired) electrons. The van der Waals surface area contributed by atoms with Crippen molar-refractivity contribution in [2.75, 3.05) is 26.9 Å². The lowest BCUT2D eigenvalue weighted by atomic mass is 10.1. The van der Waals surface area contributed by atoms with Gasteiger partial charge in [0.1, 0.15) is 12.4 Å². The van der Waals surface area contributed by atoms with Crippen LogP contribution in [0.3, 0.4) is 0 Å². The van der Waals surface area contributed by atoms with Gasteiger partial charge in [-0.15, -0.1) is 0 Å². The molecule has 0 bridgehead atoms. The maximum atomic E-state index is 13.2. The van der Waals surface area contributed by atoms with Gasteiger partial charge in [0, 0.05) is 19.7 Å². The van der Waals surface area contributed by atoms with Crippen molar-refractivity contribution >= 4 is 22.5 Å². The Balaban J connectivity index is 3.16. The highest BCUT2D eigenvalue weighted by Crippen LogP contribution is 2.31. The van der Waals surface area contributed by atoms with Crippen molar-refractivity contribution in [3.63, 3.8) is 0 Å². The predicted octanol–water partition coefficient (Wildman–Crippen LogP) is 5.49. The van der Waals surface area contributed by atoms with Crippen LogP contribution < -0.4 is 9.16 Å². The average molecular weight is 524 g/mol. The Labute approximate surface area is 204 Å². The minimum Gasteiger partial charge on any atom is -0.542 e. The van der Waals surface area contributed by atoms with Gasteiger partial charge in [0.05, 0.1) is 12.7 Å². The van der Waals surface area contributed by atoms with Crippen LogP contribution in [0.15, 0.2) is 18.2 Å². The number of amides is 1. The molecule has 0 spiro atoms. The number of benzene rings is 1. The first-order chi connectivity index (χ1) is 15.4. The van der Waals surface area contributed by atoms with Gasteiger partial charge >= 0.3 is 12.1 Å². The quantitative estimate of drug-likeness (QED) is 0.320. The monoisotopic (exact) mass is 523 g/mol. The van der Waals surface area contributed by atoms with Crippen LogP contribution in [0, 0.1) is 0 Å². The van der Waals surface area contributed by atoms with Gasteiger partial charge in [-0.25, -0.2) is 0 Å². The minimum absolute atomic E-state index is 0.0158. The van der Waals surface area contributed by atoms with E-state index in [4.69, 9.17) is 18.3 Å². The molecule has 34 heavy (non-hydrogen) atoms. The summed E-state index contributed by atoms with van der Waals surface area (Å²) in [7, 11) is -2.48. The molecule has 0 N–H and O–H groups in total. The highest BCUT2D eigenvalue weighted by atomic mass is 28.4. The molecular weight excluding hydrogens is 483 g/mol. The van der Waals surface area contributed by atoms with Crippen LogP contribution in [0.4, 0.5) is 13.2 Å². The van der Waals surface area contributed by atoms with E-state index in [1.807, 2.05) is 31.8 Å². The van der Waals surface area contributed by atoms with Gasteiger partial charge in [0.15, 0.2) is 14.1 Å². The first kappa shape index (κ1) is 30.5. The summed E-state index contributed by atoms with van der Waals surface area (Å²) in [6, 6.07) is 4.97. The lowest BCUT2D eigenvalue weighted by Crippen LogP contribution is -2.51. The summed E-state index contributed by atoms with van der Waals surface area (Å²) in [5.74, 6) is -0.797. The molecule has 196 valence electrons. The van der Waals surface area contributed by atoms with Crippen LogP contribution in [0.5, 0.6) is 11.5 Å². The average Bonchev–Trinajstić information content (AvgIpc) is 2.65. The minimum atomic E-state index is -4.95. The zero-order chi connectivity index (χ0) is 26.3. The number of carbonyl (C=O) groups is 1. The van der Waals surface area contributed by atoms with Gasteiger partial charge in [0.25, 0.3) is 0 Å². The van der Waals surface area contributed by atoms with Gasteiger partial charge in [-0.3, -0.25) is 4.79 Å². The van der Waals surface area contributed by atoms with Crippen molar-refractivity contribution in [2.24, 2.45) is 0 Å². The number of carbonyl (C=O) groups excluding carboxylic acids is 1.